The van der Waals surface area contributed by atoms with E-state index in [1.54, 1.807) is 24.3 Å². The molecule has 0 aliphatic rings. The highest BCUT2D eigenvalue weighted by atomic mass is 79.9. The fourth-order valence-corrected chi connectivity index (χ4v) is 2.00. The molecule has 0 radical (unpaired) electrons. The predicted molar refractivity (Wildman–Crippen MR) is 73.9 cm³/mol. The minimum Gasteiger partial charge on any atom is -0.505 e. The van der Waals surface area contributed by atoms with E-state index in [4.69, 9.17) is 4.74 Å². The van der Waals surface area contributed by atoms with Gasteiger partial charge in [0, 0.05) is 23.9 Å². The van der Waals surface area contributed by atoms with E-state index in [0.717, 1.165) is 5.69 Å². The molecular weight excluding hydrogens is 315 g/mol. The topological polar surface area (TPSA) is 54.4 Å². The molecular formula is C13H12BrFN2O2. The molecule has 0 atom stereocenters. The third kappa shape index (κ3) is 3.35. The molecule has 0 bridgehead atoms. The first kappa shape index (κ1) is 13.6. The number of phenols is 1. The lowest BCUT2D eigenvalue weighted by Crippen LogP contribution is -2.01. The lowest BCUT2D eigenvalue weighted by atomic mass is 10.2. The highest BCUT2D eigenvalue weighted by Crippen LogP contribution is 2.24. The van der Waals surface area contributed by atoms with Gasteiger partial charge >= 0.3 is 0 Å². The van der Waals surface area contributed by atoms with Crippen LogP contribution in [0, 0.1) is 5.82 Å². The number of benzene rings is 1. The average Bonchev–Trinajstić information content (AvgIpc) is 2.40. The lowest BCUT2D eigenvalue weighted by molar-refractivity contribution is 0.397. The molecule has 0 fully saturated rings. The summed E-state index contributed by atoms with van der Waals surface area (Å²) < 4.78 is 18.8. The standard InChI is InChI=1S/C13H12BrFN2O2/c1-19-12-6-9(5-11(14)17-12)16-7-8-3-2-4-10(15)13(8)18/h2-6,18H,7H2,1H3,(H,16,17). The van der Waals surface area contributed by atoms with Crippen LogP contribution in [0.5, 0.6) is 11.6 Å². The number of nitrogens with zero attached hydrogens (tertiary/aromatic N) is 1. The van der Waals surface area contributed by atoms with Crippen molar-refractivity contribution in [3.8, 4) is 11.6 Å². The third-order valence-corrected chi connectivity index (χ3v) is 2.94. The van der Waals surface area contributed by atoms with Crippen LogP contribution >= 0.6 is 15.9 Å². The maximum atomic E-state index is 13.2. The van der Waals surface area contributed by atoms with E-state index in [0.29, 0.717) is 22.6 Å². The van der Waals surface area contributed by atoms with E-state index in [-0.39, 0.29) is 5.75 Å². The van der Waals surface area contributed by atoms with Gasteiger partial charge in [-0.05, 0) is 28.1 Å². The number of rotatable bonds is 4. The van der Waals surface area contributed by atoms with Gasteiger partial charge < -0.3 is 15.2 Å². The third-order valence-electron chi connectivity index (χ3n) is 2.53. The van der Waals surface area contributed by atoms with Crippen molar-refractivity contribution in [3.05, 3.63) is 46.3 Å². The Morgan fingerprint density at radius 2 is 2.21 bits per heavy atom. The Labute approximate surface area is 118 Å². The van der Waals surface area contributed by atoms with Crippen molar-refractivity contribution in [3.63, 3.8) is 0 Å². The van der Waals surface area contributed by atoms with Crippen molar-refractivity contribution in [2.24, 2.45) is 0 Å². The van der Waals surface area contributed by atoms with Crippen LogP contribution in [-0.2, 0) is 6.54 Å². The Kier molecular flexibility index (Phi) is 4.21. The number of aromatic nitrogens is 1. The van der Waals surface area contributed by atoms with Crippen molar-refractivity contribution < 1.29 is 14.2 Å². The molecule has 2 aromatic rings. The number of hydrogen-bond acceptors (Lipinski definition) is 4. The Bertz CT molecular complexity index is 593. The van der Waals surface area contributed by atoms with Crippen molar-refractivity contribution in [1.29, 1.82) is 0 Å². The molecule has 0 unspecified atom stereocenters. The van der Waals surface area contributed by atoms with E-state index in [1.165, 1.54) is 13.2 Å². The number of hydrogen-bond donors (Lipinski definition) is 2. The van der Waals surface area contributed by atoms with Gasteiger partial charge in [0.15, 0.2) is 11.6 Å². The molecule has 0 aliphatic carbocycles. The zero-order chi connectivity index (χ0) is 13.8. The monoisotopic (exact) mass is 326 g/mol. The molecule has 1 aromatic carbocycles. The van der Waals surface area contributed by atoms with Gasteiger partial charge in [0.2, 0.25) is 5.88 Å². The van der Waals surface area contributed by atoms with Crippen molar-refractivity contribution in [2.75, 3.05) is 12.4 Å². The molecule has 0 spiro atoms. The van der Waals surface area contributed by atoms with Crippen LogP contribution in [0.25, 0.3) is 0 Å². The van der Waals surface area contributed by atoms with Gasteiger partial charge in [-0.2, -0.15) is 0 Å². The van der Waals surface area contributed by atoms with E-state index >= 15 is 0 Å². The van der Waals surface area contributed by atoms with Gasteiger partial charge in [-0.15, -0.1) is 0 Å². The fourth-order valence-electron chi connectivity index (χ4n) is 1.58. The van der Waals surface area contributed by atoms with Crippen LogP contribution in [0.15, 0.2) is 34.9 Å². The van der Waals surface area contributed by atoms with Gasteiger partial charge in [-0.1, -0.05) is 12.1 Å². The molecule has 0 saturated heterocycles. The lowest BCUT2D eigenvalue weighted by Gasteiger charge is -2.10. The van der Waals surface area contributed by atoms with Gasteiger partial charge in [-0.3, -0.25) is 0 Å². The van der Waals surface area contributed by atoms with Crippen LogP contribution < -0.4 is 10.1 Å². The van der Waals surface area contributed by atoms with Crippen molar-refractivity contribution in [2.45, 2.75) is 6.54 Å². The van der Waals surface area contributed by atoms with Gasteiger partial charge in [0.25, 0.3) is 0 Å². The number of phenolic OH excluding ortho intramolecular Hbond substituents is 1. The molecule has 0 aliphatic heterocycles. The molecule has 2 N–H and O–H groups in total. The Morgan fingerprint density at radius 3 is 2.95 bits per heavy atom. The first-order valence-corrected chi connectivity index (χ1v) is 6.31. The number of methoxy groups -OCH3 is 1. The van der Waals surface area contributed by atoms with E-state index in [2.05, 4.69) is 26.2 Å². The number of nitrogens with one attached hydrogen (secondary N) is 1. The molecule has 4 nitrogen and oxygen atoms in total. The number of anilines is 1. The maximum Gasteiger partial charge on any atom is 0.216 e. The van der Waals surface area contributed by atoms with E-state index in [9.17, 15) is 9.50 Å². The molecule has 6 heteroatoms. The average molecular weight is 327 g/mol. The zero-order valence-corrected chi connectivity index (χ0v) is 11.7. The summed E-state index contributed by atoms with van der Waals surface area (Å²) in [5.41, 5.74) is 1.23. The van der Waals surface area contributed by atoms with Crippen molar-refractivity contribution >= 4 is 21.6 Å². The zero-order valence-electron chi connectivity index (χ0n) is 10.2. The summed E-state index contributed by atoms with van der Waals surface area (Å²) in [6.07, 6.45) is 0. The van der Waals surface area contributed by atoms with Gasteiger partial charge in [0.05, 0.1) is 7.11 Å². The largest absolute Gasteiger partial charge is 0.505 e. The van der Waals surface area contributed by atoms with Crippen LogP contribution in [0.3, 0.4) is 0 Å². The molecule has 0 amide bonds. The Hall–Kier alpha value is -1.82. The smallest absolute Gasteiger partial charge is 0.216 e. The molecule has 2 rings (SSSR count). The first-order valence-electron chi connectivity index (χ1n) is 5.52. The summed E-state index contributed by atoms with van der Waals surface area (Å²) in [5, 5.41) is 12.6. The summed E-state index contributed by atoms with van der Waals surface area (Å²) in [6.45, 7) is 0.295. The van der Waals surface area contributed by atoms with E-state index < -0.39 is 5.82 Å². The molecule has 1 aromatic heterocycles. The van der Waals surface area contributed by atoms with Crippen LogP contribution in [0.1, 0.15) is 5.56 Å². The number of aromatic hydroxyl groups is 1. The second-order valence-electron chi connectivity index (χ2n) is 3.82. The van der Waals surface area contributed by atoms with E-state index in [1.807, 2.05) is 0 Å². The maximum absolute atomic E-state index is 13.2. The number of ether oxygens (including phenoxy) is 1. The summed E-state index contributed by atoms with van der Waals surface area (Å²) in [4.78, 5) is 4.08. The minimum absolute atomic E-state index is 0.295. The molecule has 0 saturated carbocycles. The molecule has 100 valence electrons. The highest BCUT2D eigenvalue weighted by Gasteiger charge is 2.07. The van der Waals surface area contributed by atoms with Crippen LogP contribution in [0.2, 0.25) is 0 Å². The van der Waals surface area contributed by atoms with Gasteiger partial charge in [0.1, 0.15) is 4.60 Å². The van der Waals surface area contributed by atoms with Gasteiger partial charge in [-0.25, -0.2) is 9.37 Å². The normalized spacial score (nSPS) is 10.3. The summed E-state index contributed by atoms with van der Waals surface area (Å²) in [7, 11) is 1.52. The van der Waals surface area contributed by atoms with Crippen LogP contribution in [0.4, 0.5) is 10.1 Å². The van der Waals surface area contributed by atoms with Crippen LogP contribution in [-0.4, -0.2) is 17.2 Å². The summed E-state index contributed by atoms with van der Waals surface area (Å²) in [5.74, 6) is -0.511. The van der Waals surface area contributed by atoms with Crippen molar-refractivity contribution in [1.82, 2.24) is 4.98 Å². The number of halogens is 2. The SMILES string of the molecule is COc1cc(NCc2cccc(F)c2O)cc(Br)n1. The minimum atomic E-state index is -0.632. The number of para-hydroxylation sites is 1. The second-order valence-corrected chi connectivity index (χ2v) is 4.63. The highest BCUT2D eigenvalue weighted by molar-refractivity contribution is 9.10. The molecule has 19 heavy (non-hydrogen) atoms. The predicted octanol–water partition coefficient (Wildman–Crippen LogP) is 3.31. The first-order chi connectivity index (χ1) is 9.10. The summed E-state index contributed by atoms with van der Waals surface area (Å²) in [6, 6.07) is 7.89. The Balaban J connectivity index is 2.14. The second kappa shape index (κ2) is 5.88. The molecule has 1 heterocycles. The Morgan fingerprint density at radius 1 is 1.42 bits per heavy atom. The number of pyridine rings is 1. The summed E-state index contributed by atoms with van der Waals surface area (Å²) >= 11 is 3.27. The quantitative estimate of drug-likeness (QED) is 0.846. The fraction of sp³-hybridized carbons (Fsp3) is 0.154.